The van der Waals surface area contributed by atoms with Gasteiger partial charge in [-0.05, 0) is 25.1 Å². The molecule has 5 nitrogen and oxygen atoms in total. The molecule has 1 heterocycles. The second-order valence-corrected chi connectivity index (χ2v) is 5.14. The van der Waals surface area contributed by atoms with Crippen molar-refractivity contribution in [2.75, 3.05) is 0 Å². The first-order chi connectivity index (χ1) is 9.93. The lowest BCUT2D eigenvalue weighted by molar-refractivity contribution is -0.0476. The van der Waals surface area contributed by atoms with Crippen molar-refractivity contribution in [2.45, 2.75) is 19.6 Å². The molecule has 0 aliphatic rings. The lowest BCUT2D eigenvalue weighted by atomic mass is 10.1. The smallest absolute Gasteiger partial charge is 0.196 e. The van der Waals surface area contributed by atoms with Crippen LogP contribution in [0, 0.1) is 11.3 Å². The molecule has 0 unspecified atom stereocenters. The lowest BCUT2D eigenvalue weighted by Crippen LogP contribution is -2.08. The first-order valence-electron chi connectivity index (χ1n) is 6.20. The van der Waals surface area contributed by atoms with Crippen molar-refractivity contribution in [3.63, 3.8) is 0 Å². The number of imidazole rings is 1. The maximum Gasteiger partial charge on any atom is 0.196 e. The van der Waals surface area contributed by atoms with E-state index in [2.05, 4.69) is 11.6 Å². The summed E-state index contributed by atoms with van der Waals surface area (Å²) in [6.45, 7) is 5.64. The van der Waals surface area contributed by atoms with Crippen LogP contribution < -0.4 is 0 Å². The lowest BCUT2D eigenvalue weighted by Gasteiger charge is -2.12. The van der Waals surface area contributed by atoms with Crippen molar-refractivity contribution < 1.29 is 10.2 Å². The molecule has 0 aliphatic carbocycles. The van der Waals surface area contributed by atoms with E-state index in [0.717, 1.165) is 5.57 Å². The Morgan fingerprint density at radius 2 is 2.24 bits per heavy atom. The van der Waals surface area contributed by atoms with Gasteiger partial charge in [0, 0.05) is 12.1 Å². The largest absolute Gasteiger partial charge is 0.363 e. The van der Waals surface area contributed by atoms with E-state index in [-0.39, 0.29) is 5.69 Å². The van der Waals surface area contributed by atoms with Crippen LogP contribution in [0.1, 0.15) is 30.2 Å². The number of benzene rings is 1. The summed E-state index contributed by atoms with van der Waals surface area (Å²) in [6.07, 6.45) is 0.269. The summed E-state index contributed by atoms with van der Waals surface area (Å²) in [5.74, 6) is 0. The number of hydrogen-bond donors (Lipinski definition) is 2. The number of halogens is 1. The molecule has 108 valence electrons. The first kappa shape index (κ1) is 15.3. The third-order valence-corrected chi connectivity index (χ3v) is 3.26. The Labute approximate surface area is 127 Å². The molecular weight excluding hydrogens is 290 g/mol. The number of aliphatic hydroxyl groups excluding tert-OH is 1. The zero-order valence-corrected chi connectivity index (χ0v) is 12.2. The van der Waals surface area contributed by atoms with Gasteiger partial charge in [-0.1, -0.05) is 23.8 Å². The van der Waals surface area contributed by atoms with Crippen LogP contribution in [0.15, 0.2) is 36.7 Å². The second kappa shape index (κ2) is 6.10. The second-order valence-electron chi connectivity index (χ2n) is 4.73. The summed E-state index contributed by atoms with van der Waals surface area (Å²) in [5, 5.41) is 28.4. The van der Waals surface area contributed by atoms with Crippen molar-refractivity contribution in [1.29, 1.82) is 5.26 Å². The molecule has 2 N–H and O–H groups in total. The topological polar surface area (TPSA) is 82.1 Å². The van der Waals surface area contributed by atoms with Crippen LogP contribution in [-0.2, 0) is 6.42 Å². The molecule has 6 heteroatoms. The summed E-state index contributed by atoms with van der Waals surface area (Å²) < 4.78 is 1.54. The molecule has 0 aliphatic heterocycles. The molecule has 0 atom stereocenters. The predicted molar refractivity (Wildman–Crippen MR) is 79.0 cm³/mol. The van der Waals surface area contributed by atoms with Crippen molar-refractivity contribution in [1.82, 2.24) is 9.55 Å². The third-order valence-electron chi connectivity index (χ3n) is 2.95. The minimum atomic E-state index is -1.67. The average Bonchev–Trinajstić information content (AvgIpc) is 2.81. The summed E-state index contributed by atoms with van der Waals surface area (Å²) in [6, 6.07) is 6.80. The average molecular weight is 304 g/mol. The highest BCUT2D eigenvalue weighted by atomic mass is 35.5. The summed E-state index contributed by atoms with van der Waals surface area (Å²) >= 11 is 6.01. The molecule has 21 heavy (non-hydrogen) atoms. The number of nitrogens with zero attached hydrogens (tertiary/aromatic N) is 3. The molecule has 2 aromatic rings. The number of allylic oxidation sites excluding steroid dienone is 1. The molecule has 0 saturated carbocycles. The Morgan fingerprint density at radius 3 is 2.76 bits per heavy atom. The Kier molecular flexibility index (Phi) is 4.43. The zero-order chi connectivity index (χ0) is 15.6. The van der Waals surface area contributed by atoms with Gasteiger partial charge in [-0.3, -0.25) is 4.57 Å². The first-order valence-corrected chi connectivity index (χ1v) is 6.58. The van der Waals surface area contributed by atoms with Gasteiger partial charge >= 0.3 is 0 Å². The summed E-state index contributed by atoms with van der Waals surface area (Å²) in [5.41, 5.74) is 2.62. The summed E-state index contributed by atoms with van der Waals surface area (Å²) in [7, 11) is 0. The Morgan fingerprint density at radius 1 is 1.52 bits per heavy atom. The number of nitriles is 1. The van der Waals surface area contributed by atoms with Crippen LogP contribution in [0.3, 0.4) is 0 Å². The fraction of sp³-hybridized carbons (Fsp3) is 0.200. The van der Waals surface area contributed by atoms with E-state index in [9.17, 15) is 10.2 Å². The molecular formula is C15H14ClN3O2. The van der Waals surface area contributed by atoms with E-state index in [1.54, 1.807) is 18.2 Å². The molecule has 1 aromatic heterocycles. The van der Waals surface area contributed by atoms with Gasteiger partial charge in [0.2, 0.25) is 0 Å². The van der Waals surface area contributed by atoms with Crippen molar-refractivity contribution in [3.05, 3.63) is 58.7 Å². The van der Waals surface area contributed by atoms with Gasteiger partial charge in [-0.25, -0.2) is 4.98 Å². The quantitative estimate of drug-likeness (QED) is 0.671. The molecule has 0 bridgehead atoms. The van der Waals surface area contributed by atoms with E-state index < -0.39 is 6.29 Å². The highest BCUT2D eigenvalue weighted by Gasteiger charge is 2.18. The Hall–Kier alpha value is -2.13. The van der Waals surface area contributed by atoms with Gasteiger partial charge in [0.15, 0.2) is 6.29 Å². The van der Waals surface area contributed by atoms with Crippen LogP contribution in [0.25, 0.3) is 5.69 Å². The standard InChI is InChI=1S/C15H14ClN3O2/c1-9(2)5-13-14(15(20)21)19(8-18-13)11-4-3-10(7-17)12(16)6-11/h3-4,6,8,15,20-21H,1,5H2,2H3. The molecule has 0 fully saturated rings. The number of rotatable bonds is 4. The van der Waals surface area contributed by atoms with Gasteiger partial charge in [-0.15, -0.1) is 0 Å². The Bertz CT molecular complexity index is 729. The maximum atomic E-state index is 9.60. The van der Waals surface area contributed by atoms with E-state index in [1.165, 1.54) is 10.9 Å². The number of hydrogen-bond acceptors (Lipinski definition) is 4. The minimum Gasteiger partial charge on any atom is -0.363 e. The van der Waals surface area contributed by atoms with Crippen molar-refractivity contribution >= 4 is 11.6 Å². The van der Waals surface area contributed by atoms with Gasteiger partial charge in [0.05, 0.1) is 22.6 Å². The fourth-order valence-corrected chi connectivity index (χ4v) is 2.26. The molecule has 1 aromatic carbocycles. The molecule has 0 amide bonds. The van der Waals surface area contributed by atoms with E-state index in [0.29, 0.717) is 28.4 Å². The maximum absolute atomic E-state index is 9.60. The zero-order valence-electron chi connectivity index (χ0n) is 11.4. The highest BCUT2D eigenvalue weighted by molar-refractivity contribution is 6.31. The van der Waals surface area contributed by atoms with E-state index in [1.807, 2.05) is 13.0 Å². The normalized spacial score (nSPS) is 10.7. The highest BCUT2D eigenvalue weighted by Crippen LogP contribution is 2.25. The molecule has 0 radical (unpaired) electrons. The van der Waals surface area contributed by atoms with Crippen LogP contribution >= 0.6 is 11.6 Å². The Balaban J connectivity index is 2.54. The fourth-order valence-electron chi connectivity index (χ4n) is 2.04. The van der Waals surface area contributed by atoms with Crippen LogP contribution in [0.5, 0.6) is 0 Å². The van der Waals surface area contributed by atoms with Gasteiger partial charge in [0.1, 0.15) is 11.8 Å². The van der Waals surface area contributed by atoms with Crippen LogP contribution in [0.4, 0.5) is 0 Å². The summed E-state index contributed by atoms with van der Waals surface area (Å²) in [4.78, 5) is 4.20. The molecule has 0 saturated heterocycles. The van der Waals surface area contributed by atoms with Gasteiger partial charge in [-0.2, -0.15) is 5.26 Å². The van der Waals surface area contributed by atoms with Gasteiger partial charge in [0.25, 0.3) is 0 Å². The SMILES string of the molecule is C=C(C)Cc1ncn(-c2ccc(C#N)c(Cl)c2)c1C(O)O. The predicted octanol–water partition coefficient (Wildman–Crippen LogP) is 2.50. The van der Waals surface area contributed by atoms with E-state index in [4.69, 9.17) is 16.9 Å². The number of aromatic nitrogens is 2. The monoisotopic (exact) mass is 303 g/mol. The van der Waals surface area contributed by atoms with Crippen LogP contribution in [0.2, 0.25) is 5.02 Å². The van der Waals surface area contributed by atoms with Gasteiger partial charge < -0.3 is 10.2 Å². The molecule has 0 spiro atoms. The molecule has 2 rings (SSSR count). The van der Waals surface area contributed by atoms with Crippen molar-refractivity contribution in [2.24, 2.45) is 0 Å². The van der Waals surface area contributed by atoms with Crippen molar-refractivity contribution in [3.8, 4) is 11.8 Å². The minimum absolute atomic E-state index is 0.263. The van der Waals surface area contributed by atoms with Crippen LogP contribution in [-0.4, -0.2) is 19.8 Å². The van der Waals surface area contributed by atoms with E-state index >= 15 is 0 Å². The number of aliphatic hydroxyl groups is 2. The third kappa shape index (κ3) is 3.14.